The second-order valence-corrected chi connectivity index (χ2v) is 10.3. The highest BCUT2D eigenvalue weighted by molar-refractivity contribution is 7.92. The molecule has 1 aliphatic rings. The molecule has 1 saturated heterocycles. The van der Waals surface area contributed by atoms with Gasteiger partial charge in [0.25, 0.3) is 15.9 Å². The van der Waals surface area contributed by atoms with Crippen molar-refractivity contribution in [3.8, 4) is 0 Å². The minimum absolute atomic E-state index is 0.0923. The van der Waals surface area contributed by atoms with Gasteiger partial charge in [-0.15, -0.1) is 0 Å². The minimum atomic E-state index is -3.76. The van der Waals surface area contributed by atoms with E-state index in [1.165, 1.54) is 48.6 Å². The van der Waals surface area contributed by atoms with E-state index in [2.05, 4.69) is 0 Å². The lowest BCUT2D eigenvalue weighted by Crippen LogP contribution is -2.49. The summed E-state index contributed by atoms with van der Waals surface area (Å²) in [5, 5.41) is 0. The van der Waals surface area contributed by atoms with Crippen LogP contribution in [0.4, 0.5) is 15.8 Å². The Morgan fingerprint density at radius 2 is 1.46 bits per heavy atom. The average molecular weight is 496 g/mol. The maximum Gasteiger partial charge on any atom is 0.264 e. The van der Waals surface area contributed by atoms with Crippen LogP contribution in [0.2, 0.25) is 0 Å². The topological polar surface area (TPSA) is 78.0 Å². The molecule has 7 nitrogen and oxygen atoms in total. The highest BCUT2D eigenvalue weighted by Gasteiger charge is 2.25. The molecule has 0 unspecified atom stereocenters. The van der Waals surface area contributed by atoms with Gasteiger partial charge in [-0.3, -0.25) is 13.9 Å². The van der Waals surface area contributed by atoms with Crippen molar-refractivity contribution in [2.75, 3.05) is 42.4 Å². The summed E-state index contributed by atoms with van der Waals surface area (Å²) in [7, 11) is -2.28. The van der Waals surface area contributed by atoms with Gasteiger partial charge in [-0.05, 0) is 61.5 Å². The van der Waals surface area contributed by atoms with E-state index in [0.29, 0.717) is 48.7 Å². The molecule has 0 atom stereocenters. The Morgan fingerprint density at radius 3 is 2.03 bits per heavy atom. The molecular formula is C26H26FN3O4S. The first-order valence-corrected chi connectivity index (χ1v) is 12.6. The fraction of sp³-hybridized carbons (Fsp3) is 0.231. The number of ketones is 1. The van der Waals surface area contributed by atoms with Gasteiger partial charge in [0.1, 0.15) is 5.82 Å². The number of carbonyl (C=O) groups is 2. The molecule has 0 aliphatic carbocycles. The van der Waals surface area contributed by atoms with Crippen LogP contribution in [0.1, 0.15) is 27.6 Å². The smallest absolute Gasteiger partial charge is 0.264 e. The fourth-order valence-corrected chi connectivity index (χ4v) is 5.22. The van der Waals surface area contributed by atoms with Crippen LogP contribution in [0.15, 0.2) is 77.7 Å². The average Bonchev–Trinajstić information content (AvgIpc) is 2.88. The largest absolute Gasteiger partial charge is 0.366 e. The summed E-state index contributed by atoms with van der Waals surface area (Å²) in [6.45, 7) is 3.06. The lowest BCUT2D eigenvalue weighted by Gasteiger charge is -2.36. The Bertz CT molecular complexity index is 1340. The molecule has 9 heteroatoms. The fourth-order valence-electron chi connectivity index (χ4n) is 4.02. The Labute approximate surface area is 204 Å². The molecule has 0 radical (unpaired) electrons. The van der Waals surface area contributed by atoms with Gasteiger partial charge >= 0.3 is 0 Å². The standard InChI is InChI=1S/C26H26FN3O4S/c1-19(31)21-10-13-25(24(27)18-21)29-14-16-30(17-15-29)26(32)20-8-11-23(12-9-20)35(33,34)28(2)22-6-4-3-5-7-22/h3-13,18H,14-17H2,1-2H3. The lowest BCUT2D eigenvalue weighted by molar-refractivity contribution is 0.0746. The van der Waals surface area contributed by atoms with Crippen LogP contribution >= 0.6 is 0 Å². The highest BCUT2D eigenvalue weighted by atomic mass is 32.2. The van der Waals surface area contributed by atoms with Crippen molar-refractivity contribution in [2.45, 2.75) is 11.8 Å². The maximum absolute atomic E-state index is 14.5. The Morgan fingerprint density at radius 1 is 0.857 bits per heavy atom. The first kappa shape index (κ1) is 24.4. The molecular weight excluding hydrogens is 469 g/mol. The van der Waals surface area contributed by atoms with Gasteiger partial charge in [0.05, 0.1) is 16.3 Å². The van der Waals surface area contributed by atoms with Crippen molar-refractivity contribution < 1.29 is 22.4 Å². The van der Waals surface area contributed by atoms with Gasteiger partial charge < -0.3 is 9.80 Å². The molecule has 1 aliphatic heterocycles. The van der Waals surface area contributed by atoms with Gasteiger partial charge in [-0.2, -0.15) is 0 Å². The van der Waals surface area contributed by atoms with E-state index in [4.69, 9.17) is 0 Å². The number of Topliss-reactive ketones (excluding diaryl/α,β-unsaturated/α-hetero) is 1. The van der Waals surface area contributed by atoms with Crippen molar-refractivity contribution >= 4 is 33.1 Å². The molecule has 1 amide bonds. The Balaban J connectivity index is 1.42. The number of nitrogens with zero attached hydrogens (tertiary/aromatic N) is 3. The first-order chi connectivity index (χ1) is 16.7. The highest BCUT2D eigenvalue weighted by Crippen LogP contribution is 2.24. The van der Waals surface area contributed by atoms with Crippen LogP contribution < -0.4 is 9.21 Å². The lowest BCUT2D eigenvalue weighted by atomic mass is 10.1. The van der Waals surface area contributed by atoms with Crippen molar-refractivity contribution in [3.05, 3.63) is 89.7 Å². The summed E-state index contributed by atoms with van der Waals surface area (Å²) >= 11 is 0. The van der Waals surface area contributed by atoms with E-state index < -0.39 is 15.8 Å². The van der Waals surface area contributed by atoms with E-state index in [9.17, 15) is 22.4 Å². The zero-order valence-corrected chi connectivity index (χ0v) is 20.3. The van der Waals surface area contributed by atoms with Gasteiger partial charge in [-0.1, -0.05) is 18.2 Å². The Kier molecular flexibility index (Phi) is 6.88. The molecule has 1 fully saturated rings. The molecule has 4 rings (SSSR count). The van der Waals surface area contributed by atoms with E-state index >= 15 is 0 Å². The summed E-state index contributed by atoms with van der Waals surface area (Å²) in [5.41, 5.74) is 1.65. The molecule has 3 aromatic rings. The zero-order valence-electron chi connectivity index (χ0n) is 19.5. The molecule has 0 bridgehead atoms. The monoisotopic (exact) mass is 495 g/mol. The van der Waals surface area contributed by atoms with Crippen molar-refractivity contribution in [1.82, 2.24) is 4.90 Å². The molecule has 182 valence electrons. The van der Waals surface area contributed by atoms with Crippen LogP contribution in [0.5, 0.6) is 0 Å². The molecule has 3 aromatic carbocycles. The number of para-hydroxylation sites is 1. The third-order valence-corrected chi connectivity index (χ3v) is 7.94. The summed E-state index contributed by atoms with van der Waals surface area (Å²) in [6.07, 6.45) is 0. The van der Waals surface area contributed by atoms with Gasteiger partial charge in [0.2, 0.25) is 0 Å². The molecule has 0 aromatic heterocycles. The molecule has 0 spiro atoms. The predicted molar refractivity (Wildman–Crippen MR) is 133 cm³/mol. The number of halogens is 1. The summed E-state index contributed by atoms with van der Waals surface area (Å²) in [5.74, 6) is -0.872. The summed E-state index contributed by atoms with van der Waals surface area (Å²) in [6, 6.07) is 19.1. The SMILES string of the molecule is CC(=O)c1ccc(N2CCN(C(=O)c3ccc(S(=O)(=O)N(C)c4ccccc4)cc3)CC2)c(F)c1. The number of carbonyl (C=O) groups excluding carboxylic acids is 2. The number of amides is 1. The quantitative estimate of drug-likeness (QED) is 0.486. The molecule has 1 heterocycles. The van der Waals surface area contributed by atoms with Crippen LogP contribution in [0, 0.1) is 5.82 Å². The van der Waals surface area contributed by atoms with E-state index in [-0.39, 0.29) is 16.6 Å². The van der Waals surface area contributed by atoms with Crippen LogP contribution in [0.3, 0.4) is 0 Å². The molecule has 0 N–H and O–H groups in total. The second-order valence-electron chi connectivity index (χ2n) is 8.33. The van der Waals surface area contributed by atoms with Crippen LogP contribution in [-0.2, 0) is 10.0 Å². The predicted octanol–water partition coefficient (Wildman–Crippen LogP) is 3.82. The van der Waals surface area contributed by atoms with E-state index in [0.717, 1.165) is 0 Å². The van der Waals surface area contributed by atoms with E-state index in [1.807, 2.05) is 11.0 Å². The summed E-state index contributed by atoms with van der Waals surface area (Å²) < 4.78 is 41.6. The Hall–Kier alpha value is -3.72. The van der Waals surface area contributed by atoms with Gasteiger partial charge in [0, 0.05) is 44.4 Å². The number of rotatable bonds is 6. The zero-order chi connectivity index (χ0) is 25.2. The maximum atomic E-state index is 14.5. The molecule has 35 heavy (non-hydrogen) atoms. The minimum Gasteiger partial charge on any atom is -0.366 e. The number of sulfonamides is 1. The van der Waals surface area contributed by atoms with Gasteiger partial charge in [0.15, 0.2) is 5.78 Å². The normalized spacial score (nSPS) is 14.0. The van der Waals surface area contributed by atoms with Crippen molar-refractivity contribution in [2.24, 2.45) is 0 Å². The van der Waals surface area contributed by atoms with Crippen LogP contribution in [0.25, 0.3) is 0 Å². The van der Waals surface area contributed by atoms with Crippen molar-refractivity contribution in [1.29, 1.82) is 0 Å². The first-order valence-electron chi connectivity index (χ1n) is 11.2. The third-order valence-electron chi connectivity index (χ3n) is 6.14. The number of benzene rings is 3. The second kappa shape index (κ2) is 9.87. The number of anilines is 2. The summed E-state index contributed by atoms with van der Waals surface area (Å²) in [4.78, 5) is 28.0. The third kappa shape index (κ3) is 5.05. The van der Waals surface area contributed by atoms with Crippen LogP contribution in [-0.4, -0.2) is 58.2 Å². The van der Waals surface area contributed by atoms with E-state index in [1.54, 1.807) is 41.3 Å². The molecule has 0 saturated carbocycles. The number of hydrogen-bond donors (Lipinski definition) is 0. The van der Waals surface area contributed by atoms with Gasteiger partial charge in [-0.25, -0.2) is 12.8 Å². The van der Waals surface area contributed by atoms with Crippen molar-refractivity contribution in [3.63, 3.8) is 0 Å². The number of hydrogen-bond acceptors (Lipinski definition) is 5. The number of piperazine rings is 1.